The van der Waals surface area contributed by atoms with Gasteiger partial charge >= 0.3 is 5.97 Å². The van der Waals surface area contributed by atoms with Gasteiger partial charge in [-0.15, -0.1) is 0 Å². The molecular formula is C22H40O2. The number of rotatable bonds is 18. The van der Waals surface area contributed by atoms with Crippen molar-refractivity contribution in [1.29, 1.82) is 0 Å². The van der Waals surface area contributed by atoms with E-state index in [1.54, 1.807) is 0 Å². The zero-order chi connectivity index (χ0) is 17.7. The van der Waals surface area contributed by atoms with Crippen molar-refractivity contribution in [2.75, 3.05) is 0 Å². The summed E-state index contributed by atoms with van der Waals surface area (Å²) in [5.41, 5.74) is 0. The van der Waals surface area contributed by atoms with Gasteiger partial charge in [-0.1, -0.05) is 89.0 Å². The number of allylic oxidation sites excluding steroid dienone is 4. The van der Waals surface area contributed by atoms with E-state index in [0.717, 1.165) is 32.1 Å². The van der Waals surface area contributed by atoms with Gasteiger partial charge in [0.15, 0.2) is 0 Å². The molecule has 0 radical (unpaired) electrons. The minimum absolute atomic E-state index is 0.319. The lowest BCUT2D eigenvalue weighted by Crippen LogP contribution is -1.93. The van der Waals surface area contributed by atoms with Crippen LogP contribution in [-0.4, -0.2) is 11.1 Å². The molecule has 0 spiro atoms. The first-order valence-electron chi connectivity index (χ1n) is 10.3. The van der Waals surface area contributed by atoms with Crippen LogP contribution in [0.25, 0.3) is 0 Å². The molecule has 0 saturated carbocycles. The molecule has 24 heavy (non-hydrogen) atoms. The Morgan fingerprint density at radius 3 is 1.62 bits per heavy atom. The summed E-state index contributed by atoms with van der Waals surface area (Å²) in [6.07, 6.45) is 28.2. The highest BCUT2D eigenvalue weighted by molar-refractivity contribution is 5.66. The van der Waals surface area contributed by atoms with Crippen LogP contribution in [0.2, 0.25) is 0 Å². The molecule has 0 bridgehead atoms. The topological polar surface area (TPSA) is 37.3 Å². The summed E-state index contributed by atoms with van der Waals surface area (Å²) in [5, 5.41) is 8.54. The molecule has 0 aliphatic heterocycles. The van der Waals surface area contributed by atoms with Gasteiger partial charge in [0.25, 0.3) is 0 Å². The fourth-order valence-corrected chi connectivity index (χ4v) is 2.79. The third-order valence-corrected chi connectivity index (χ3v) is 4.34. The number of carboxylic acid groups (broad SMARTS) is 1. The molecular weight excluding hydrogens is 296 g/mol. The number of hydrogen-bond donors (Lipinski definition) is 1. The summed E-state index contributed by atoms with van der Waals surface area (Å²) in [7, 11) is 0. The third-order valence-electron chi connectivity index (χ3n) is 4.34. The standard InChI is InChI=1S/C22H40O2/c1-2-3-4-5-6-7-8-9-10-11-12-13-14-15-16-17-18-19-20-21-22(23)24/h11-12,14-15H,2-10,13,16-21H2,1H3,(H,23,24)/b12-11-,15-14-. The average molecular weight is 337 g/mol. The van der Waals surface area contributed by atoms with Crippen molar-refractivity contribution in [3.8, 4) is 0 Å². The maximum atomic E-state index is 10.4. The first kappa shape index (κ1) is 22.9. The molecule has 2 heteroatoms. The first-order chi connectivity index (χ1) is 11.8. The lowest BCUT2D eigenvalue weighted by atomic mass is 10.1. The largest absolute Gasteiger partial charge is 0.481 e. The summed E-state index contributed by atoms with van der Waals surface area (Å²) < 4.78 is 0. The van der Waals surface area contributed by atoms with E-state index in [-0.39, 0.29) is 0 Å². The van der Waals surface area contributed by atoms with Crippen molar-refractivity contribution in [1.82, 2.24) is 0 Å². The minimum atomic E-state index is -0.673. The van der Waals surface area contributed by atoms with Gasteiger partial charge in [-0.3, -0.25) is 4.79 Å². The van der Waals surface area contributed by atoms with Gasteiger partial charge < -0.3 is 5.11 Å². The lowest BCUT2D eigenvalue weighted by Gasteiger charge is -1.99. The summed E-state index contributed by atoms with van der Waals surface area (Å²) in [6, 6.07) is 0. The van der Waals surface area contributed by atoms with Crippen molar-refractivity contribution in [3.05, 3.63) is 24.3 Å². The zero-order valence-corrected chi connectivity index (χ0v) is 16.0. The van der Waals surface area contributed by atoms with Crippen LogP contribution in [0.4, 0.5) is 0 Å². The third kappa shape index (κ3) is 20.9. The van der Waals surface area contributed by atoms with Gasteiger partial charge in [0.2, 0.25) is 0 Å². The fraction of sp³-hybridized carbons (Fsp3) is 0.773. The van der Waals surface area contributed by atoms with Crippen LogP contribution < -0.4 is 0 Å². The minimum Gasteiger partial charge on any atom is -0.481 e. The van der Waals surface area contributed by atoms with E-state index >= 15 is 0 Å². The summed E-state index contributed by atoms with van der Waals surface area (Å²) in [6.45, 7) is 2.27. The van der Waals surface area contributed by atoms with E-state index in [0.29, 0.717) is 6.42 Å². The average Bonchev–Trinajstić information content (AvgIpc) is 2.56. The molecule has 0 amide bonds. The van der Waals surface area contributed by atoms with E-state index in [1.807, 2.05) is 0 Å². The van der Waals surface area contributed by atoms with E-state index in [4.69, 9.17) is 5.11 Å². The highest BCUT2D eigenvalue weighted by Crippen LogP contribution is 2.10. The molecule has 0 saturated heterocycles. The molecule has 0 rings (SSSR count). The van der Waals surface area contributed by atoms with Crippen LogP contribution >= 0.6 is 0 Å². The van der Waals surface area contributed by atoms with E-state index in [2.05, 4.69) is 31.2 Å². The van der Waals surface area contributed by atoms with Crippen LogP contribution in [0.1, 0.15) is 110 Å². The summed E-state index contributed by atoms with van der Waals surface area (Å²) in [4.78, 5) is 10.4. The van der Waals surface area contributed by atoms with Crippen LogP contribution in [0, 0.1) is 0 Å². The Morgan fingerprint density at radius 2 is 1.12 bits per heavy atom. The number of aliphatic carboxylic acids is 1. The smallest absolute Gasteiger partial charge is 0.303 e. The van der Waals surface area contributed by atoms with Gasteiger partial charge in [0.05, 0.1) is 0 Å². The Morgan fingerprint density at radius 1 is 0.667 bits per heavy atom. The van der Waals surface area contributed by atoms with Gasteiger partial charge in [0.1, 0.15) is 0 Å². The Labute approximate surface area is 150 Å². The van der Waals surface area contributed by atoms with E-state index in [9.17, 15) is 4.79 Å². The quantitative estimate of drug-likeness (QED) is 0.208. The van der Waals surface area contributed by atoms with Crippen molar-refractivity contribution < 1.29 is 9.90 Å². The molecule has 0 aromatic rings. The van der Waals surface area contributed by atoms with Crippen LogP contribution in [0.5, 0.6) is 0 Å². The maximum absolute atomic E-state index is 10.4. The van der Waals surface area contributed by atoms with Crippen molar-refractivity contribution >= 4 is 5.97 Å². The molecule has 0 heterocycles. The molecule has 0 fully saturated rings. The van der Waals surface area contributed by atoms with Gasteiger partial charge in [-0.05, 0) is 38.5 Å². The predicted octanol–water partition coefficient (Wildman–Crippen LogP) is 7.44. The summed E-state index contributed by atoms with van der Waals surface area (Å²) in [5.74, 6) is -0.673. The summed E-state index contributed by atoms with van der Waals surface area (Å²) >= 11 is 0. The molecule has 0 aromatic heterocycles. The second-order valence-corrected chi connectivity index (χ2v) is 6.79. The maximum Gasteiger partial charge on any atom is 0.303 e. The Hall–Kier alpha value is -1.05. The first-order valence-corrected chi connectivity index (χ1v) is 10.3. The Bertz CT molecular complexity index is 318. The van der Waals surface area contributed by atoms with Gasteiger partial charge in [0, 0.05) is 6.42 Å². The zero-order valence-electron chi connectivity index (χ0n) is 16.0. The molecule has 0 unspecified atom stereocenters. The van der Waals surface area contributed by atoms with Gasteiger partial charge in [-0.25, -0.2) is 0 Å². The molecule has 140 valence electrons. The molecule has 0 aromatic carbocycles. The molecule has 0 aliphatic carbocycles. The second-order valence-electron chi connectivity index (χ2n) is 6.79. The second kappa shape index (κ2) is 20.0. The number of hydrogen-bond acceptors (Lipinski definition) is 1. The molecule has 0 aliphatic rings. The van der Waals surface area contributed by atoms with E-state index < -0.39 is 5.97 Å². The van der Waals surface area contributed by atoms with Crippen LogP contribution in [-0.2, 0) is 4.79 Å². The van der Waals surface area contributed by atoms with Crippen molar-refractivity contribution in [2.24, 2.45) is 0 Å². The highest BCUT2D eigenvalue weighted by Gasteiger charge is 1.95. The Balaban J connectivity index is 3.18. The fourth-order valence-electron chi connectivity index (χ4n) is 2.79. The Kier molecular flexibility index (Phi) is 19.1. The monoisotopic (exact) mass is 336 g/mol. The molecule has 2 nitrogen and oxygen atoms in total. The van der Waals surface area contributed by atoms with E-state index in [1.165, 1.54) is 64.2 Å². The van der Waals surface area contributed by atoms with Crippen LogP contribution in [0.15, 0.2) is 24.3 Å². The molecule has 0 atom stereocenters. The van der Waals surface area contributed by atoms with Gasteiger partial charge in [-0.2, -0.15) is 0 Å². The highest BCUT2D eigenvalue weighted by atomic mass is 16.4. The number of carboxylic acids is 1. The lowest BCUT2D eigenvalue weighted by molar-refractivity contribution is -0.137. The number of carbonyl (C=O) groups is 1. The van der Waals surface area contributed by atoms with Crippen molar-refractivity contribution in [3.63, 3.8) is 0 Å². The normalized spacial score (nSPS) is 11.7. The van der Waals surface area contributed by atoms with Crippen molar-refractivity contribution in [2.45, 2.75) is 110 Å². The molecule has 1 N–H and O–H groups in total. The predicted molar refractivity (Wildman–Crippen MR) is 105 cm³/mol. The SMILES string of the molecule is CCCCCCCCCC/C=C\C/C=C\CCCCCCC(=O)O. The number of unbranched alkanes of at least 4 members (excludes halogenated alkanes) is 12. The van der Waals surface area contributed by atoms with Crippen LogP contribution in [0.3, 0.4) is 0 Å².